The molecule has 3 aromatic rings. The van der Waals surface area contributed by atoms with Gasteiger partial charge in [0, 0.05) is 17.8 Å². The topological polar surface area (TPSA) is 68.8 Å². The summed E-state index contributed by atoms with van der Waals surface area (Å²) in [4.78, 5) is 18.3. The van der Waals surface area contributed by atoms with E-state index in [0.29, 0.717) is 23.8 Å². The van der Waals surface area contributed by atoms with Crippen LogP contribution in [0, 0.1) is 6.92 Å². The second-order valence-corrected chi connectivity index (χ2v) is 8.15. The maximum absolute atomic E-state index is 13.2. The highest BCUT2D eigenvalue weighted by Gasteiger charge is 2.40. The number of alkyl halides is 3. The summed E-state index contributed by atoms with van der Waals surface area (Å²) in [7, 11) is 0. The number of imidazole rings is 1. The standard InChI is InChI=1S/C20H20ClF3N6O/c1-11(2)17-18(26-27-30(17)14-6-4-13(21)5-7-14)28-9-8-15(19(28)31)29-10-16(20(22,23)24)25-12(29)3/h4-7,10-11,15H,8-9H2,1-3H3. The lowest BCUT2D eigenvalue weighted by molar-refractivity contribution is -0.141. The first-order valence-corrected chi connectivity index (χ1v) is 10.1. The Kier molecular flexibility index (Phi) is 5.28. The van der Waals surface area contributed by atoms with E-state index < -0.39 is 17.9 Å². The molecule has 1 fully saturated rings. The molecule has 0 spiro atoms. The zero-order valence-corrected chi connectivity index (χ0v) is 17.8. The van der Waals surface area contributed by atoms with E-state index in [0.717, 1.165) is 17.6 Å². The minimum atomic E-state index is -4.57. The monoisotopic (exact) mass is 452 g/mol. The number of rotatable bonds is 4. The number of hydrogen-bond acceptors (Lipinski definition) is 4. The van der Waals surface area contributed by atoms with Crippen molar-refractivity contribution >= 4 is 23.3 Å². The van der Waals surface area contributed by atoms with Crippen LogP contribution in [-0.4, -0.2) is 37.0 Å². The lowest BCUT2D eigenvalue weighted by Crippen LogP contribution is -2.30. The van der Waals surface area contributed by atoms with Crippen LogP contribution in [0.25, 0.3) is 5.69 Å². The van der Waals surface area contributed by atoms with Crippen molar-refractivity contribution in [3.8, 4) is 5.69 Å². The van der Waals surface area contributed by atoms with Crippen molar-refractivity contribution in [2.24, 2.45) is 0 Å². The van der Waals surface area contributed by atoms with Gasteiger partial charge in [-0.1, -0.05) is 30.7 Å². The van der Waals surface area contributed by atoms with Gasteiger partial charge >= 0.3 is 6.18 Å². The molecule has 1 unspecified atom stereocenters. The molecule has 0 N–H and O–H groups in total. The summed E-state index contributed by atoms with van der Waals surface area (Å²) in [6, 6.07) is 6.30. The average Bonchev–Trinajstić information content (AvgIpc) is 3.38. The molecular weight excluding hydrogens is 433 g/mol. The molecule has 2 aromatic heterocycles. The molecule has 1 amide bonds. The fourth-order valence-electron chi connectivity index (χ4n) is 3.82. The minimum absolute atomic E-state index is 0.0145. The minimum Gasteiger partial charge on any atom is -0.322 e. The van der Waals surface area contributed by atoms with Crippen LogP contribution in [0.2, 0.25) is 5.02 Å². The van der Waals surface area contributed by atoms with Crippen LogP contribution >= 0.6 is 11.6 Å². The highest BCUT2D eigenvalue weighted by Crippen LogP contribution is 2.35. The summed E-state index contributed by atoms with van der Waals surface area (Å²) >= 11 is 5.97. The van der Waals surface area contributed by atoms with Crippen LogP contribution in [0.5, 0.6) is 0 Å². The number of amides is 1. The summed E-state index contributed by atoms with van der Waals surface area (Å²) in [5.74, 6) is 0.200. The number of nitrogens with zero attached hydrogens (tertiary/aromatic N) is 6. The number of carbonyl (C=O) groups is 1. The first-order chi connectivity index (χ1) is 14.6. The number of anilines is 1. The first kappa shape index (κ1) is 21.4. The van der Waals surface area contributed by atoms with Crippen LogP contribution in [0.1, 0.15) is 49.4 Å². The maximum Gasteiger partial charge on any atom is 0.434 e. The molecule has 0 radical (unpaired) electrons. The zero-order chi connectivity index (χ0) is 22.5. The largest absolute Gasteiger partial charge is 0.434 e. The Bertz CT molecular complexity index is 1120. The van der Waals surface area contributed by atoms with Gasteiger partial charge in [-0.15, -0.1) is 5.10 Å². The predicted molar refractivity (Wildman–Crippen MR) is 108 cm³/mol. The van der Waals surface area contributed by atoms with E-state index in [1.54, 1.807) is 28.9 Å². The lowest BCUT2D eigenvalue weighted by atomic mass is 10.1. The van der Waals surface area contributed by atoms with Gasteiger partial charge < -0.3 is 4.57 Å². The number of benzene rings is 1. The van der Waals surface area contributed by atoms with E-state index in [1.807, 2.05) is 13.8 Å². The molecule has 4 rings (SSSR count). The average molecular weight is 453 g/mol. The molecular formula is C20H20ClF3N6O. The van der Waals surface area contributed by atoms with Crippen LogP contribution in [0.3, 0.4) is 0 Å². The van der Waals surface area contributed by atoms with Gasteiger partial charge in [0.15, 0.2) is 11.5 Å². The number of hydrogen-bond donors (Lipinski definition) is 0. The van der Waals surface area contributed by atoms with Gasteiger partial charge in [-0.2, -0.15) is 13.2 Å². The molecule has 0 aliphatic carbocycles. The summed E-state index contributed by atoms with van der Waals surface area (Å²) in [6.07, 6.45) is -3.32. The SMILES string of the molecule is Cc1nc(C(F)(F)F)cn1C1CCN(c2nnn(-c3ccc(Cl)cc3)c2C(C)C)C1=O. The third-order valence-corrected chi connectivity index (χ3v) is 5.53. The molecule has 1 aliphatic rings. The predicted octanol–water partition coefficient (Wildman–Crippen LogP) is 4.55. The third-order valence-electron chi connectivity index (χ3n) is 5.28. The van der Waals surface area contributed by atoms with Crippen molar-refractivity contribution in [3.05, 3.63) is 52.7 Å². The van der Waals surface area contributed by atoms with Crippen molar-refractivity contribution < 1.29 is 18.0 Å². The zero-order valence-electron chi connectivity index (χ0n) is 17.1. The smallest absolute Gasteiger partial charge is 0.322 e. The second kappa shape index (κ2) is 7.67. The number of carbonyl (C=O) groups excluding carboxylic acids is 1. The lowest BCUT2D eigenvalue weighted by Gasteiger charge is -2.18. The highest BCUT2D eigenvalue weighted by atomic mass is 35.5. The van der Waals surface area contributed by atoms with Crippen molar-refractivity contribution in [2.45, 2.75) is 45.3 Å². The molecule has 1 saturated heterocycles. The Morgan fingerprint density at radius 3 is 2.45 bits per heavy atom. The van der Waals surface area contributed by atoms with Gasteiger partial charge in [0.05, 0.1) is 11.4 Å². The summed E-state index contributed by atoms with van der Waals surface area (Å²) < 4.78 is 42.1. The summed E-state index contributed by atoms with van der Waals surface area (Å²) in [5.41, 5.74) is 0.470. The molecule has 0 bridgehead atoms. The normalized spacial score (nSPS) is 17.2. The maximum atomic E-state index is 13.2. The van der Waals surface area contributed by atoms with E-state index in [4.69, 9.17) is 11.6 Å². The quantitative estimate of drug-likeness (QED) is 0.582. The number of halogens is 4. The van der Waals surface area contributed by atoms with Crippen molar-refractivity contribution in [1.82, 2.24) is 24.5 Å². The second-order valence-electron chi connectivity index (χ2n) is 7.71. The molecule has 11 heteroatoms. The van der Waals surface area contributed by atoms with Crippen molar-refractivity contribution in [2.75, 3.05) is 11.4 Å². The van der Waals surface area contributed by atoms with Gasteiger partial charge in [-0.05, 0) is 43.5 Å². The summed E-state index contributed by atoms with van der Waals surface area (Å²) in [6.45, 7) is 5.70. The van der Waals surface area contributed by atoms with Crippen LogP contribution < -0.4 is 4.90 Å². The Morgan fingerprint density at radius 2 is 1.87 bits per heavy atom. The molecule has 0 saturated carbocycles. The molecule has 1 aromatic carbocycles. The Balaban J connectivity index is 1.68. The molecule has 1 aliphatic heterocycles. The molecule has 1 atom stereocenters. The molecule has 31 heavy (non-hydrogen) atoms. The summed E-state index contributed by atoms with van der Waals surface area (Å²) in [5, 5.41) is 9.06. The molecule has 3 heterocycles. The van der Waals surface area contributed by atoms with Gasteiger partial charge in [0.2, 0.25) is 0 Å². The van der Waals surface area contributed by atoms with Gasteiger partial charge in [0.1, 0.15) is 11.9 Å². The van der Waals surface area contributed by atoms with Gasteiger partial charge in [-0.25, -0.2) is 9.67 Å². The Labute approximate surface area is 181 Å². The van der Waals surface area contributed by atoms with E-state index in [1.165, 1.54) is 16.4 Å². The van der Waals surface area contributed by atoms with E-state index in [-0.39, 0.29) is 17.6 Å². The van der Waals surface area contributed by atoms with E-state index in [9.17, 15) is 18.0 Å². The number of aromatic nitrogens is 5. The third kappa shape index (κ3) is 3.80. The van der Waals surface area contributed by atoms with E-state index in [2.05, 4.69) is 15.3 Å². The Hall–Kier alpha value is -2.88. The van der Waals surface area contributed by atoms with Gasteiger partial charge in [-0.3, -0.25) is 9.69 Å². The van der Waals surface area contributed by atoms with Crippen LogP contribution in [-0.2, 0) is 11.0 Å². The van der Waals surface area contributed by atoms with Crippen molar-refractivity contribution in [1.29, 1.82) is 0 Å². The molecule has 7 nitrogen and oxygen atoms in total. The van der Waals surface area contributed by atoms with Gasteiger partial charge in [0.25, 0.3) is 5.91 Å². The van der Waals surface area contributed by atoms with Crippen LogP contribution in [0.4, 0.5) is 19.0 Å². The fraction of sp³-hybridized carbons (Fsp3) is 0.400. The van der Waals surface area contributed by atoms with E-state index >= 15 is 0 Å². The fourth-order valence-corrected chi connectivity index (χ4v) is 3.95. The van der Waals surface area contributed by atoms with Crippen LogP contribution in [0.15, 0.2) is 30.5 Å². The van der Waals surface area contributed by atoms with Crippen molar-refractivity contribution in [3.63, 3.8) is 0 Å². The molecule has 164 valence electrons. The Morgan fingerprint density at radius 1 is 1.19 bits per heavy atom. The first-order valence-electron chi connectivity index (χ1n) is 9.73. The number of aryl methyl sites for hydroxylation is 1. The highest BCUT2D eigenvalue weighted by molar-refractivity contribution is 6.30.